The Labute approximate surface area is 125 Å². The third-order valence-corrected chi connectivity index (χ3v) is 3.47. The molecule has 0 fully saturated rings. The first-order valence-electron chi connectivity index (χ1n) is 7.07. The van der Waals surface area contributed by atoms with Crippen molar-refractivity contribution in [2.45, 2.75) is 53.5 Å². The monoisotopic (exact) mass is 295 g/mol. The average Bonchev–Trinajstić information content (AvgIpc) is 2.76. The molecule has 2 N–H and O–H groups in total. The molecule has 1 aromatic heterocycles. The first-order chi connectivity index (χ1) is 9.46. The van der Waals surface area contributed by atoms with E-state index in [2.05, 4.69) is 24.3 Å². The normalized spacial score (nSPS) is 12.5. The van der Waals surface area contributed by atoms with Crippen LogP contribution in [0.1, 0.15) is 48.0 Å². The van der Waals surface area contributed by atoms with Gasteiger partial charge in [0.1, 0.15) is 0 Å². The van der Waals surface area contributed by atoms with Gasteiger partial charge in [-0.25, -0.2) is 4.79 Å². The minimum atomic E-state index is -1.16. The zero-order valence-corrected chi connectivity index (χ0v) is 13.6. The second kappa shape index (κ2) is 5.87. The lowest BCUT2D eigenvalue weighted by molar-refractivity contribution is -0.146. The maximum atomic E-state index is 12.3. The highest BCUT2D eigenvalue weighted by molar-refractivity contribution is 5.94. The van der Waals surface area contributed by atoms with E-state index in [1.54, 1.807) is 13.8 Å². The number of hydrogen-bond donors (Lipinski definition) is 2. The lowest BCUT2D eigenvalue weighted by atomic mass is 9.83. The number of carboxylic acids is 1. The second-order valence-corrected chi connectivity index (χ2v) is 6.97. The Morgan fingerprint density at radius 3 is 2.38 bits per heavy atom. The van der Waals surface area contributed by atoms with Crippen LogP contribution >= 0.6 is 0 Å². The Bertz CT molecular complexity index is 530. The fourth-order valence-corrected chi connectivity index (χ4v) is 2.20. The number of nitrogens with zero attached hydrogens (tertiary/aromatic N) is 2. The quantitative estimate of drug-likeness (QED) is 0.845. The number of hydrogen-bond acceptors (Lipinski definition) is 3. The summed E-state index contributed by atoms with van der Waals surface area (Å²) in [5, 5.41) is 16.0. The van der Waals surface area contributed by atoms with E-state index < -0.39 is 16.9 Å². The van der Waals surface area contributed by atoms with Gasteiger partial charge < -0.3 is 10.4 Å². The van der Waals surface area contributed by atoms with Crippen LogP contribution in [0.5, 0.6) is 0 Å². The standard InChI is InChI=1S/C15H25N3O3/c1-10(2)7-14(3,4)12(19)17-11-8-16-18(9-11)15(5,6)13(20)21/h8-10H,7H2,1-6H3,(H,17,19)(H,20,21). The molecule has 0 aliphatic heterocycles. The Morgan fingerprint density at radius 2 is 1.90 bits per heavy atom. The molecule has 0 aliphatic rings. The summed E-state index contributed by atoms with van der Waals surface area (Å²) in [5.74, 6) is -0.660. The van der Waals surface area contributed by atoms with Gasteiger partial charge in [0.2, 0.25) is 5.91 Å². The molecule has 1 amide bonds. The molecule has 118 valence electrons. The van der Waals surface area contributed by atoms with E-state index in [0.29, 0.717) is 11.6 Å². The van der Waals surface area contributed by atoms with Crippen molar-refractivity contribution in [3.8, 4) is 0 Å². The van der Waals surface area contributed by atoms with Crippen LogP contribution in [0.25, 0.3) is 0 Å². The molecule has 0 saturated heterocycles. The van der Waals surface area contributed by atoms with Crippen molar-refractivity contribution in [3.63, 3.8) is 0 Å². The number of anilines is 1. The molecule has 6 nitrogen and oxygen atoms in total. The van der Waals surface area contributed by atoms with Crippen LogP contribution in [0.3, 0.4) is 0 Å². The molecule has 21 heavy (non-hydrogen) atoms. The fourth-order valence-electron chi connectivity index (χ4n) is 2.20. The largest absolute Gasteiger partial charge is 0.479 e. The predicted octanol–water partition coefficient (Wildman–Crippen LogP) is 2.71. The first kappa shape index (κ1) is 17.2. The number of nitrogens with one attached hydrogen (secondary N) is 1. The van der Waals surface area contributed by atoms with E-state index in [4.69, 9.17) is 5.11 Å². The van der Waals surface area contributed by atoms with Crippen LogP contribution in [-0.2, 0) is 15.1 Å². The van der Waals surface area contributed by atoms with Gasteiger partial charge in [-0.2, -0.15) is 5.10 Å². The summed E-state index contributed by atoms with van der Waals surface area (Å²) < 4.78 is 1.33. The number of carbonyl (C=O) groups excluding carboxylic acids is 1. The molecule has 1 aromatic rings. The zero-order chi connectivity index (χ0) is 16.4. The Kier molecular flexibility index (Phi) is 4.81. The van der Waals surface area contributed by atoms with Crippen molar-refractivity contribution in [1.29, 1.82) is 0 Å². The maximum absolute atomic E-state index is 12.3. The van der Waals surface area contributed by atoms with Gasteiger partial charge in [0, 0.05) is 11.6 Å². The molecule has 0 unspecified atom stereocenters. The summed E-state index contributed by atoms with van der Waals surface area (Å²) in [7, 11) is 0. The van der Waals surface area contributed by atoms with Crippen molar-refractivity contribution in [2.24, 2.45) is 11.3 Å². The zero-order valence-electron chi connectivity index (χ0n) is 13.6. The van der Waals surface area contributed by atoms with Gasteiger partial charge in [-0.05, 0) is 26.2 Å². The summed E-state index contributed by atoms with van der Waals surface area (Å²) in [5.41, 5.74) is -1.14. The van der Waals surface area contributed by atoms with E-state index in [0.717, 1.165) is 6.42 Å². The van der Waals surface area contributed by atoms with Crippen LogP contribution in [0, 0.1) is 11.3 Å². The molecule has 1 heterocycles. The van der Waals surface area contributed by atoms with Gasteiger partial charge in [-0.1, -0.05) is 27.7 Å². The van der Waals surface area contributed by atoms with Crippen molar-refractivity contribution in [2.75, 3.05) is 5.32 Å². The molecule has 1 rings (SSSR count). The fraction of sp³-hybridized carbons (Fsp3) is 0.667. The van der Waals surface area contributed by atoms with Crippen LogP contribution in [-0.4, -0.2) is 26.8 Å². The number of carbonyl (C=O) groups is 2. The smallest absolute Gasteiger partial charge is 0.331 e. The molecular formula is C15H25N3O3. The SMILES string of the molecule is CC(C)CC(C)(C)C(=O)Nc1cnn(C(C)(C)C(=O)O)c1. The Morgan fingerprint density at radius 1 is 1.33 bits per heavy atom. The molecule has 0 bridgehead atoms. The minimum absolute atomic E-state index is 0.0936. The summed E-state index contributed by atoms with van der Waals surface area (Å²) in [4.78, 5) is 23.5. The summed E-state index contributed by atoms with van der Waals surface area (Å²) >= 11 is 0. The first-order valence-corrected chi connectivity index (χ1v) is 7.07. The van der Waals surface area contributed by atoms with Gasteiger partial charge >= 0.3 is 5.97 Å². The van der Waals surface area contributed by atoms with E-state index in [-0.39, 0.29) is 5.91 Å². The van der Waals surface area contributed by atoms with Gasteiger partial charge in [0.25, 0.3) is 0 Å². The molecule has 0 aromatic carbocycles. The maximum Gasteiger partial charge on any atom is 0.331 e. The second-order valence-electron chi connectivity index (χ2n) is 6.97. The highest BCUT2D eigenvalue weighted by Crippen LogP contribution is 2.27. The number of aliphatic carboxylic acids is 1. The topological polar surface area (TPSA) is 84.2 Å². The third-order valence-electron chi connectivity index (χ3n) is 3.47. The van der Waals surface area contributed by atoms with Crippen LogP contribution in [0.2, 0.25) is 0 Å². The summed E-state index contributed by atoms with van der Waals surface area (Å²) in [6.45, 7) is 11.0. The number of rotatable bonds is 6. The number of aromatic nitrogens is 2. The molecule has 0 atom stereocenters. The predicted molar refractivity (Wildman–Crippen MR) is 81.1 cm³/mol. The summed E-state index contributed by atoms with van der Waals surface area (Å²) in [6, 6.07) is 0. The van der Waals surface area contributed by atoms with E-state index in [1.165, 1.54) is 17.1 Å². The Hall–Kier alpha value is -1.85. The molecule has 0 spiro atoms. The third kappa shape index (κ3) is 4.06. The molecule has 0 saturated carbocycles. The van der Waals surface area contributed by atoms with E-state index in [1.807, 2.05) is 13.8 Å². The van der Waals surface area contributed by atoms with Gasteiger partial charge in [-0.3, -0.25) is 9.48 Å². The molecule has 0 aliphatic carbocycles. The van der Waals surface area contributed by atoms with Crippen LogP contribution < -0.4 is 5.32 Å². The minimum Gasteiger partial charge on any atom is -0.479 e. The number of amides is 1. The van der Waals surface area contributed by atoms with Gasteiger partial charge in [0.15, 0.2) is 5.54 Å². The lowest BCUT2D eigenvalue weighted by Crippen LogP contribution is -2.36. The van der Waals surface area contributed by atoms with E-state index >= 15 is 0 Å². The molecule has 6 heteroatoms. The molecular weight excluding hydrogens is 270 g/mol. The number of carboxylic acid groups (broad SMARTS) is 1. The van der Waals surface area contributed by atoms with Crippen LogP contribution in [0.4, 0.5) is 5.69 Å². The van der Waals surface area contributed by atoms with Crippen molar-refractivity contribution >= 4 is 17.6 Å². The van der Waals surface area contributed by atoms with Crippen molar-refractivity contribution < 1.29 is 14.7 Å². The van der Waals surface area contributed by atoms with E-state index in [9.17, 15) is 9.59 Å². The Balaban J connectivity index is 2.84. The lowest BCUT2D eigenvalue weighted by Gasteiger charge is -2.25. The average molecular weight is 295 g/mol. The summed E-state index contributed by atoms with van der Waals surface area (Å²) in [6.07, 6.45) is 3.78. The van der Waals surface area contributed by atoms with Crippen molar-refractivity contribution in [3.05, 3.63) is 12.4 Å². The highest BCUT2D eigenvalue weighted by atomic mass is 16.4. The molecule has 0 radical (unpaired) electrons. The van der Waals surface area contributed by atoms with Crippen LogP contribution in [0.15, 0.2) is 12.4 Å². The van der Waals surface area contributed by atoms with Gasteiger partial charge in [-0.15, -0.1) is 0 Å². The van der Waals surface area contributed by atoms with Crippen molar-refractivity contribution in [1.82, 2.24) is 9.78 Å². The highest BCUT2D eigenvalue weighted by Gasteiger charge is 2.32. The van der Waals surface area contributed by atoms with Gasteiger partial charge in [0.05, 0.1) is 11.9 Å².